The number of benzene rings is 1. The minimum atomic E-state index is 0.458. The molecule has 2 aromatic rings. The number of aromatic nitrogens is 3. The van der Waals surface area contributed by atoms with Crippen LogP contribution in [0.5, 0.6) is 0 Å². The largest absolute Gasteiger partial charge is 0.368 e. The highest BCUT2D eigenvalue weighted by Crippen LogP contribution is 2.22. The van der Waals surface area contributed by atoms with Crippen LogP contribution >= 0.6 is 0 Å². The lowest BCUT2D eigenvalue weighted by molar-refractivity contribution is 0.568. The fourth-order valence-electron chi connectivity index (χ4n) is 2.67. The topological polar surface area (TPSA) is 60.0 Å². The Bertz CT molecular complexity index is 611. The minimum Gasteiger partial charge on any atom is -0.368 e. The average molecular weight is 271 g/mol. The molecule has 2 N–H and O–H groups in total. The van der Waals surface area contributed by atoms with Gasteiger partial charge in [0.1, 0.15) is 0 Å². The molecule has 5 heteroatoms. The number of piperidine rings is 1. The summed E-state index contributed by atoms with van der Waals surface area (Å²) < 4.78 is 1.76. The van der Waals surface area contributed by atoms with E-state index >= 15 is 0 Å². The molecule has 0 spiro atoms. The van der Waals surface area contributed by atoms with Gasteiger partial charge in [0, 0.05) is 13.1 Å². The maximum Gasteiger partial charge on any atom is 0.246 e. The van der Waals surface area contributed by atoms with Gasteiger partial charge in [-0.2, -0.15) is 9.67 Å². The van der Waals surface area contributed by atoms with Gasteiger partial charge in [-0.25, -0.2) is 0 Å². The number of aryl methyl sites for hydroxylation is 2. The first-order valence-corrected chi connectivity index (χ1v) is 7.20. The second-order valence-corrected chi connectivity index (χ2v) is 5.52. The summed E-state index contributed by atoms with van der Waals surface area (Å²) >= 11 is 0. The van der Waals surface area contributed by atoms with Gasteiger partial charge in [-0.05, 0) is 50.3 Å². The van der Waals surface area contributed by atoms with Crippen molar-refractivity contribution in [1.29, 1.82) is 0 Å². The average Bonchev–Trinajstić information content (AvgIpc) is 2.84. The molecule has 1 saturated heterocycles. The summed E-state index contributed by atoms with van der Waals surface area (Å²) in [6.45, 7) is 6.19. The zero-order valence-electron chi connectivity index (χ0n) is 12.1. The van der Waals surface area contributed by atoms with E-state index in [4.69, 9.17) is 5.73 Å². The SMILES string of the molecule is Cc1ccc(C)c(-n2nc(N3CCCCC3)nc2N)c1. The highest BCUT2D eigenvalue weighted by Gasteiger charge is 2.18. The minimum absolute atomic E-state index is 0.458. The summed E-state index contributed by atoms with van der Waals surface area (Å²) in [6.07, 6.45) is 3.71. The van der Waals surface area contributed by atoms with Crippen LogP contribution in [0.4, 0.5) is 11.9 Å². The second-order valence-electron chi connectivity index (χ2n) is 5.52. The molecule has 0 aliphatic carbocycles. The second kappa shape index (κ2) is 5.15. The van der Waals surface area contributed by atoms with Crippen molar-refractivity contribution < 1.29 is 0 Å². The zero-order valence-corrected chi connectivity index (χ0v) is 12.1. The number of hydrogen-bond donors (Lipinski definition) is 1. The summed E-state index contributed by atoms with van der Waals surface area (Å²) in [5, 5.41) is 4.61. The number of rotatable bonds is 2. The lowest BCUT2D eigenvalue weighted by atomic mass is 10.1. The van der Waals surface area contributed by atoms with Gasteiger partial charge in [-0.1, -0.05) is 12.1 Å². The third kappa shape index (κ3) is 2.35. The van der Waals surface area contributed by atoms with Gasteiger partial charge in [0.2, 0.25) is 11.9 Å². The molecule has 0 unspecified atom stereocenters. The lowest BCUT2D eigenvalue weighted by Gasteiger charge is -2.24. The Morgan fingerprint density at radius 1 is 1.10 bits per heavy atom. The van der Waals surface area contributed by atoms with Crippen molar-refractivity contribution in [2.24, 2.45) is 0 Å². The first-order chi connectivity index (χ1) is 9.65. The first kappa shape index (κ1) is 13.0. The molecule has 0 amide bonds. The standard InChI is InChI=1S/C15H21N5/c1-11-6-7-12(2)13(10-11)20-14(16)17-15(18-20)19-8-4-3-5-9-19/h6-7,10H,3-5,8-9H2,1-2H3,(H2,16,17,18). The molecule has 0 radical (unpaired) electrons. The third-order valence-electron chi connectivity index (χ3n) is 3.85. The summed E-state index contributed by atoms with van der Waals surface area (Å²) in [5.74, 6) is 1.21. The Kier molecular flexibility index (Phi) is 3.34. The van der Waals surface area contributed by atoms with Gasteiger partial charge in [0.05, 0.1) is 5.69 Å². The van der Waals surface area contributed by atoms with Gasteiger partial charge in [0.25, 0.3) is 0 Å². The number of nitrogens with zero attached hydrogens (tertiary/aromatic N) is 4. The number of nitrogens with two attached hydrogens (primary N) is 1. The summed E-state index contributed by atoms with van der Waals surface area (Å²) in [5.41, 5.74) is 9.42. The van der Waals surface area contributed by atoms with E-state index < -0.39 is 0 Å². The molecule has 0 atom stereocenters. The Morgan fingerprint density at radius 3 is 2.60 bits per heavy atom. The van der Waals surface area contributed by atoms with Crippen LogP contribution in [0.1, 0.15) is 30.4 Å². The zero-order chi connectivity index (χ0) is 14.1. The maximum atomic E-state index is 6.06. The molecule has 2 heterocycles. The fraction of sp³-hybridized carbons (Fsp3) is 0.467. The lowest BCUT2D eigenvalue weighted by Crippen LogP contribution is -2.30. The van der Waals surface area contributed by atoms with Crippen molar-refractivity contribution in [3.8, 4) is 5.69 Å². The first-order valence-electron chi connectivity index (χ1n) is 7.20. The van der Waals surface area contributed by atoms with Crippen molar-refractivity contribution in [3.63, 3.8) is 0 Å². The molecule has 0 bridgehead atoms. The van der Waals surface area contributed by atoms with Crippen molar-refractivity contribution in [2.75, 3.05) is 23.7 Å². The van der Waals surface area contributed by atoms with Crippen LogP contribution in [-0.4, -0.2) is 27.9 Å². The van der Waals surface area contributed by atoms with E-state index in [0.29, 0.717) is 5.95 Å². The van der Waals surface area contributed by atoms with E-state index in [0.717, 1.165) is 30.3 Å². The Morgan fingerprint density at radius 2 is 1.85 bits per heavy atom. The fourth-order valence-corrected chi connectivity index (χ4v) is 2.67. The van der Waals surface area contributed by atoms with Crippen LogP contribution in [0.25, 0.3) is 5.69 Å². The van der Waals surface area contributed by atoms with E-state index in [9.17, 15) is 0 Å². The molecular weight excluding hydrogens is 250 g/mol. The van der Waals surface area contributed by atoms with Gasteiger partial charge >= 0.3 is 0 Å². The molecule has 3 rings (SSSR count). The van der Waals surface area contributed by atoms with Gasteiger partial charge in [0.15, 0.2) is 0 Å². The van der Waals surface area contributed by atoms with Gasteiger partial charge < -0.3 is 10.6 Å². The van der Waals surface area contributed by atoms with Crippen molar-refractivity contribution >= 4 is 11.9 Å². The Labute approximate surface area is 119 Å². The van der Waals surface area contributed by atoms with E-state index in [1.165, 1.54) is 24.8 Å². The number of hydrogen-bond acceptors (Lipinski definition) is 4. The Balaban J connectivity index is 1.98. The van der Waals surface area contributed by atoms with Crippen LogP contribution in [0, 0.1) is 13.8 Å². The smallest absolute Gasteiger partial charge is 0.246 e. The molecule has 1 aromatic carbocycles. The third-order valence-corrected chi connectivity index (χ3v) is 3.85. The maximum absolute atomic E-state index is 6.06. The molecule has 1 aliphatic rings. The van der Waals surface area contributed by atoms with Crippen LogP contribution in [-0.2, 0) is 0 Å². The predicted molar refractivity (Wildman–Crippen MR) is 81.3 cm³/mol. The highest BCUT2D eigenvalue weighted by molar-refractivity contribution is 5.48. The molecular formula is C15H21N5. The van der Waals surface area contributed by atoms with Crippen LogP contribution in [0.3, 0.4) is 0 Å². The van der Waals surface area contributed by atoms with E-state index in [2.05, 4.69) is 47.0 Å². The summed E-state index contributed by atoms with van der Waals surface area (Å²) in [7, 11) is 0. The summed E-state index contributed by atoms with van der Waals surface area (Å²) in [4.78, 5) is 6.66. The molecule has 1 aromatic heterocycles. The molecule has 0 saturated carbocycles. The molecule has 5 nitrogen and oxygen atoms in total. The van der Waals surface area contributed by atoms with E-state index in [-0.39, 0.29) is 0 Å². The van der Waals surface area contributed by atoms with Crippen molar-refractivity contribution in [1.82, 2.24) is 14.8 Å². The van der Waals surface area contributed by atoms with Crippen LogP contribution in [0.2, 0.25) is 0 Å². The number of nitrogen functional groups attached to an aromatic ring is 1. The van der Waals surface area contributed by atoms with Crippen LogP contribution < -0.4 is 10.6 Å². The molecule has 20 heavy (non-hydrogen) atoms. The highest BCUT2D eigenvalue weighted by atomic mass is 15.5. The number of anilines is 2. The predicted octanol–water partition coefficient (Wildman–Crippen LogP) is 2.46. The van der Waals surface area contributed by atoms with Crippen LogP contribution in [0.15, 0.2) is 18.2 Å². The summed E-state index contributed by atoms with van der Waals surface area (Å²) in [6, 6.07) is 6.28. The van der Waals surface area contributed by atoms with Gasteiger partial charge in [-0.3, -0.25) is 0 Å². The monoisotopic (exact) mass is 271 g/mol. The van der Waals surface area contributed by atoms with Gasteiger partial charge in [-0.15, -0.1) is 5.10 Å². The Hall–Kier alpha value is -2.04. The molecule has 106 valence electrons. The normalized spacial score (nSPS) is 15.6. The van der Waals surface area contributed by atoms with Crippen molar-refractivity contribution in [2.45, 2.75) is 33.1 Å². The van der Waals surface area contributed by atoms with E-state index in [1.807, 2.05) is 0 Å². The molecule has 1 fully saturated rings. The molecule has 1 aliphatic heterocycles. The quantitative estimate of drug-likeness (QED) is 0.911. The van der Waals surface area contributed by atoms with Crippen molar-refractivity contribution in [3.05, 3.63) is 29.3 Å². The van der Waals surface area contributed by atoms with E-state index in [1.54, 1.807) is 4.68 Å².